The normalized spacial score (nSPS) is 20.1. The van der Waals surface area contributed by atoms with Crippen LogP contribution >= 0.6 is 0 Å². The molecular formula is C14H28CaO17. The minimum absolute atomic E-state index is 0. The minimum atomic E-state index is -2.40. The standard InChI is InChI=1S/2C7H14O8.Ca.H2O/c2*8-1-2(9)3(10)4(11)5(12)6(13)7(14)15;;/h2*2-6,8-13H,1H2,(H,14,15);;1H2/q;;+2;/p-2/t2*2-,3-,4+,5-,6-;;/m11../s1. The maximum absolute atomic E-state index is 10.1. The molecule has 0 saturated heterocycles. The van der Waals surface area contributed by atoms with E-state index in [1.807, 2.05) is 0 Å². The second-order valence-corrected chi connectivity index (χ2v) is 5.97. The van der Waals surface area contributed by atoms with Gasteiger partial charge in [-0.1, -0.05) is 0 Å². The summed E-state index contributed by atoms with van der Waals surface area (Å²) in [6.45, 7) is -1.79. The maximum atomic E-state index is 10.1. The average Bonchev–Trinajstić information content (AvgIpc) is 2.73. The fraction of sp³-hybridized carbons (Fsp3) is 0.857. The number of carboxylic acid groups (broad SMARTS) is 2. The summed E-state index contributed by atoms with van der Waals surface area (Å²) in [7, 11) is 0. The Labute approximate surface area is 210 Å². The summed E-state index contributed by atoms with van der Waals surface area (Å²) >= 11 is 0. The molecule has 10 atom stereocenters. The van der Waals surface area contributed by atoms with E-state index in [-0.39, 0.29) is 43.2 Å². The number of aliphatic hydroxyl groups is 12. The van der Waals surface area contributed by atoms with Gasteiger partial charge >= 0.3 is 37.7 Å². The molecule has 0 aromatic rings. The SMILES string of the molecule is O.O=C([O-])[C@H](O)[C@H](O)[C@@H](O)[C@H](O)[C@H](O)CO.O=C([O-])[C@H](O)[C@H](O)[C@@H](O)[C@H](O)[C@H](O)CO.[Ca+2]. The molecule has 0 rings (SSSR count). The van der Waals surface area contributed by atoms with Crippen LogP contribution in [-0.2, 0) is 9.59 Å². The molecule has 0 aromatic carbocycles. The largest absolute Gasteiger partial charge is 2.00 e. The van der Waals surface area contributed by atoms with Crippen LogP contribution in [0.15, 0.2) is 0 Å². The Morgan fingerprint density at radius 3 is 0.906 bits per heavy atom. The van der Waals surface area contributed by atoms with Gasteiger partial charge in [-0.15, -0.1) is 0 Å². The fourth-order valence-corrected chi connectivity index (χ4v) is 1.73. The second-order valence-electron chi connectivity index (χ2n) is 5.97. The zero-order valence-electron chi connectivity index (χ0n) is 16.4. The quantitative estimate of drug-likeness (QED) is 0.109. The Morgan fingerprint density at radius 1 is 0.531 bits per heavy atom. The molecule has 0 radical (unpaired) electrons. The van der Waals surface area contributed by atoms with E-state index in [2.05, 4.69) is 0 Å². The fourth-order valence-electron chi connectivity index (χ4n) is 1.73. The summed E-state index contributed by atoms with van der Waals surface area (Å²) in [6, 6.07) is 0. The number of carbonyl (C=O) groups is 2. The van der Waals surface area contributed by atoms with Crippen LogP contribution in [0.3, 0.4) is 0 Å². The molecule has 0 saturated carbocycles. The van der Waals surface area contributed by atoms with Crippen LogP contribution < -0.4 is 10.2 Å². The van der Waals surface area contributed by atoms with Crippen LogP contribution in [-0.4, -0.2) is 191 Å². The first-order valence-corrected chi connectivity index (χ1v) is 8.09. The summed E-state index contributed by atoms with van der Waals surface area (Å²) in [5.74, 6) is -4.07. The van der Waals surface area contributed by atoms with E-state index in [0.29, 0.717) is 0 Å². The maximum Gasteiger partial charge on any atom is 2.00 e. The summed E-state index contributed by atoms with van der Waals surface area (Å²) < 4.78 is 0. The van der Waals surface area contributed by atoms with Gasteiger partial charge in [-0.25, -0.2) is 0 Å². The molecule has 0 bridgehead atoms. The molecule has 18 heteroatoms. The van der Waals surface area contributed by atoms with Gasteiger partial charge < -0.3 is 86.6 Å². The van der Waals surface area contributed by atoms with Crippen molar-refractivity contribution in [2.45, 2.75) is 61.0 Å². The molecule has 0 heterocycles. The molecule has 0 fully saturated rings. The van der Waals surface area contributed by atoms with Crippen LogP contribution in [0.5, 0.6) is 0 Å². The third-order valence-corrected chi connectivity index (χ3v) is 3.69. The van der Waals surface area contributed by atoms with Crippen molar-refractivity contribution in [1.29, 1.82) is 0 Å². The molecular weight excluding hydrogens is 480 g/mol. The predicted molar refractivity (Wildman–Crippen MR) is 93.6 cm³/mol. The van der Waals surface area contributed by atoms with Crippen LogP contribution in [0, 0.1) is 0 Å². The van der Waals surface area contributed by atoms with Crippen LogP contribution in [0.1, 0.15) is 0 Å². The van der Waals surface area contributed by atoms with Crippen LogP contribution in [0.4, 0.5) is 0 Å². The van der Waals surface area contributed by atoms with Crippen LogP contribution in [0.25, 0.3) is 0 Å². The number of rotatable bonds is 12. The first-order chi connectivity index (χ1) is 13.6. The van der Waals surface area contributed by atoms with Crippen LogP contribution in [0.2, 0.25) is 0 Å². The zero-order chi connectivity index (χ0) is 24.3. The van der Waals surface area contributed by atoms with Gasteiger partial charge in [0.2, 0.25) is 0 Å². The van der Waals surface area contributed by atoms with Gasteiger partial charge in [0, 0.05) is 0 Å². The van der Waals surface area contributed by atoms with Gasteiger partial charge in [-0.3, -0.25) is 0 Å². The van der Waals surface area contributed by atoms with E-state index in [1.165, 1.54) is 0 Å². The first-order valence-electron chi connectivity index (χ1n) is 8.09. The van der Waals surface area contributed by atoms with Gasteiger partial charge in [0.15, 0.2) is 0 Å². The monoisotopic (exact) mass is 508 g/mol. The number of carboxylic acids is 2. The number of aliphatic hydroxyl groups excluding tert-OH is 12. The minimum Gasteiger partial charge on any atom is -0.547 e. The first kappa shape index (κ1) is 38.9. The van der Waals surface area contributed by atoms with Gasteiger partial charge in [-0.2, -0.15) is 0 Å². The number of hydrogen-bond donors (Lipinski definition) is 12. The number of hydrogen-bond acceptors (Lipinski definition) is 16. The molecule has 17 nitrogen and oxygen atoms in total. The molecule has 0 unspecified atom stereocenters. The summed E-state index contributed by atoms with van der Waals surface area (Å²) in [5, 5.41) is 126. The van der Waals surface area contributed by atoms with E-state index in [4.69, 9.17) is 61.3 Å². The molecule has 0 aliphatic heterocycles. The predicted octanol–water partition coefficient (Wildman–Crippen LogP) is -12.1. The van der Waals surface area contributed by atoms with E-state index < -0.39 is 86.2 Å². The molecule has 0 aliphatic carbocycles. The number of aliphatic carboxylic acids is 2. The Balaban J connectivity index is -0.000000231. The number of carbonyl (C=O) groups excluding carboxylic acids is 2. The molecule has 188 valence electrons. The van der Waals surface area contributed by atoms with Crippen molar-refractivity contribution in [2.24, 2.45) is 0 Å². The average molecular weight is 508 g/mol. The van der Waals surface area contributed by atoms with Crippen molar-refractivity contribution < 1.29 is 86.6 Å². The Morgan fingerprint density at radius 2 is 0.750 bits per heavy atom. The topological polar surface area (TPSA) is 355 Å². The van der Waals surface area contributed by atoms with E-state index >= 15 is 0 Å². The van der Waals surface area contributed by atoms with Gasteiger partial charge in [0.1, 0.15) is 61.0 Å². The van der Waals surface area contributed by atoms with Gasteiger partial charge in [0.25, 0.3) is 0 Å². The summed E-state index contributed by atoms with van der Waals surface area (Å²) in [5.41, 5.74) is 0. The van der Waals surface area contributed by atoms with Crippen molar-refractivity contribution in [1.82, 2.24) is 0 Å². The van der Waals surface area contributed by atoms with Crippen molar-refractivity contribution in [3.05, 3.63) is 0 Å². The third-order valence-electron chi connectivity index (χ3n) is 3.69. The van der Waals surface area contributed by atoms with Gasteiger partial charge in [0.05, 0.1) is 25.2 Å². The smallest absolute Gasteiger partial charge is 0.547 e. The molecule has 14 N–H and O–H groups in total. The van der Waals surface area contributed by atoms with Crippen molar-refractivity contribution in [3.8, 4) is 0 Å². The van der Waals surface area contributed by atoms with E-state index in [1.54, 1.807) is 0 Å². The van der Waals surface area contributed by atoms with E-state index in [0.717, 1.165) is 0 Å². The Hall–Kier alpha value is -0.320. The molecule has 0 aliphatic rings. The third kappa shape index (κ3) is 12.8. The Kier molecular flexibility index (Phi) is 23.2. The molecule has 0 spiro atoms. The van der Waals surface area contributed by atoms with E-state index in [9.17, 15) is 19.8 Å². The van der Waals surface area contributed by atoms with Crippen molar-refractivity contribution in [2.75, 3.05) is 13.2 Å². The Bertz CT molecular complexity index is 466. The summed E-state index contributed by atoms with van der Waals surface area (Å²) in [6.07, 6.45) is -21.0. The van der Waals surface area contributed by atoms with Crippen molar-refractivity contribution in [3.63, 3.8) is 0 Å². The van der Waals surface area contributed by atoms with Gasteiger partial charge in [-0.05, 0) is 0 Å². The van der Waals surface area contributed by atoms with Crippen molar-refractivity contribution >= 4 is 49.7 Å². The molecule has 0 aromatic heterocycles. The second kappa shape index (κ2) is 19.0. The summed E-state index contributed by atoms with van der Waals surface area (Å²) in [4.78, 5) is 20.2. The molecule has 0 amide bonds. The zero-order valence-corrected chi connectivity index (χ0v) is 18.6. The molecule has 32 heavy (non-hydrogen) atoms.